The fraction of sp³-hybridized carbons (Fsp3) is 0.625. The van der Waals surface area contributed by atoms with Crippen molar-refractivity contribution in [1.82, 2.24) is 24.7 Å². The lowest BCUT2D eigenvalue weighted by atomic mass is 10.2. The molecule has 2 aromatic heterocycles. The van der Waals surface area contributed by atoms with Crippen LogP contribution in [0.3, 0.4) is 0 Å². The molecule has 0 N–H and O–H groups in total. The number of nitrogens with zero attached hydrogens (tertiary/aromatic N) is 6. The van der Waals surface area contributed by atoms with E-state index in [9.17, 15) is 0 Å². The van der Waals surface area contributed by atoms with Crippen LogP contribution in [0.5, 0.6) is 0 Å². The van der Waals surface area contributed by atoms with E-state index in [0.717, 1.165) is 56.5 Å². The van der Waals surface area contributed by atoms with E-state index in [4.69, 9.17) is 4.98 Å². The largest absolute Gasteiger partial charge is 0.339 e. The van der Waals surface area contributed by atoms with E-state index < -0.39 is 0 Å². The van der Waals surface area contributed by atoms with E-state index in [1.54, 1.807) is 0 Å². The maximum atomic E-state index is 4.72. The van der Waals surface area contributed by atoms with Crippen molar-refractivity contribution in [1.29, 1.82) is 0 Å². The molecular formula is C16H22N6. The van der Waals surface area contributed by atoms with Crippen LogP contribution in [0, 0.1) is 0 Å². The normalized spacial score (nSPS) is 18.1. The van der Waals surface area contributed by atoms with E-state index in [0.29, 0.717) is 5.92 Å². The van der Waals surface area contributed by atoms with Gasteiger partial charge in [-0.3, -0.25) is 0 Å². The molecule has 0 radical (unpaired) electrons. The van der Waals surface area contributed by atoms with Crippen LogP contribution in [-0.4, -0.2) is 37.8 Å². The zero-order valence-electron chi connectivity index (χ0n) is 13.1. The van der Waals surface area contributed by atoms with Crippen molar-refractivity contribution in [2.75, 3.05) is 18.0 Å². The fourth-order valence-electron chi connectivity index (χ4n) is 2.96. The van der Waals surface area contributed by atoms with Crippen LogP contribution in [0.2, 0.25) is 0 Å². The van der Waals surface area contributed by atoms with E-state index in [1.807, 2.05) is 12.4 Å². The van der Waals surface area contributed by atoms with Crippen LogP contribution in [0.15, 0.2) is 12.4 Å². The van der Waals surface area contributed by atoms with Crippen LogP contribution >= 0.6 is 0 Å². The Balaban J connectivity index is 1.45. The highest BCUT2D eigenvalue weighted by atomic mass is 15.4. The molecule has 6 nitrogen and oxygen atoms in total. The highest BCUT2D eigenvalue weighted by molar-refractivity contribution is 5.30. The summed E-state index contributed by atoms with van der Waals surface area (Å²) in [5, 5.41) is 4.68. The van der Waals surface area contributed by atoms with E-state index in [2.05, 4.69) is 31.6 Å². The lowest BCUT2D eigenvalue weighted by Gasteiger charge is -2.19. The molecule has 0 amide bonds. The Bertz CT molecular complexity index is 618. The lowest BCUT2D eigenvalue weighted by Crippen LogP contribution is -2.28. The van der Waals surface area contributed by atoms with Crippen LogP contribution in [-0.2, 0) is 19.4 Å². The molecule has 1 aliphatic heterocycles. The number of fused-ring (bicyclic) bond motifs is 1. The van der Waals surface area contributed by atoms with Crippen molar-refractivity contribution in [3.8, 4) is 0 Å². The SMILES string of the molecule is CCCc1cnc(N2CCc3nc(C4CC4)nn3CC2)nc1. The van der Waals surface area contributed by atoms with E-state index in [1.165, 1.54) is 18.4 Å². The van der Waals surface area contributed by atoms with Gasteiger partial charge in [-0.05, 0) is 24.8 Å². The topological polar surface area (TPSA) is 59.7 Å². The summed E-state index contributed by atoms with van der Waals surface area (Å²) >= 11 is 0. The Morgan fingerprint density at radius 2 is 1.95 bits per heavy atom. The third kappa shape index (κ3) is 2.69. The number of hydrogen-bond acceptors (Lipinski definition) is 5. The predicted octanol–water partition coefficient (Wildman–Crippen LogP) is 1.96. The van der Waals surface area contributed by atoms with Gasteiger partial charge < -0.3 is 4.90 Å². The van der Waals surface area contributed by atoms with Gasteiger partial charge in [0.2, 0.25) is 5.95 Å². The first-order chi connectivity index (χ1) is 10.8. The summed E-state index contributed by atoms with van der Waals surface area (Å²) in [7, 11) is 0. The van der Waals surface area contributed by atoms with Gasteiger partial charge in [-0.15, -0.1) is 0 Å². The van der Waals surface area contributed by atoms with Crippen molar-refractivity contribution >= 4 is 5.95 Å². The third-order valence-electron chi connectivity index (χ3n) is 4.41. The zero-order chi connectivity index (χ0) is 14.9. The van der Waals surface area contributed by atoms with Gasteiger partial charge in [0, 0.05) is 37.8 Å². The molecule has 1 saturated carbocycles. The molecule has 0 bridgehead atoms. The summed E-state index contributed by atoms with van der Waals surface area (Å²) in [6, 6.07) is 0. The third-order valence-corrected chi connectivity index (χ3v) is 4.41. The molecule has 1 aliphatic carbocycles. The first-order valence-electron chi connectivity index (χ1n) is 8.33. The summed E-state index contributed by atoms with van der Waals surface area (Å²) in [6.07, 6.45) is 9.52. The molecule has 2 aromatic rings. The predicted molar refractivity (Wildman–Crippen MR) is 83.9 cm³/mol. The van der Waals surface area contributed by atoms with Gasteiger partial charge in [0.1, 0.15) is 5.82 Å². The second-order valence-corrected chi connectivity index (χ2v) is 6.26. The van der Waals surface area contributed by atoms with Crippen molar-refractivity contribution in [3.05, 3.63) is 29.6 Å². The molecular weight excluding hydrogens is 276 g/mol. The van der Waals surface area contributed by atoms with Gasteiger partial charge in [0.05, 0.1) is 6.54 Å². The monoisotopic (exact) mass is 298 g/mol. The van der Waals surface area contributed by atoms with Gasteiger partial charge in [-0.2, -0.15) is 5.10 Å². The van der Waals surface area contributed by atoms with E-state index >= 15 is 0 Å². The minimum Gasteiger partial charge on any atom is -0.339 e. The molecule has 0 unspecified atom stereocenters. The highest BCUT2D eigenvalue weighted by Gasteiger charge is 2.29. The molecule has 116 valence electrons. The Labute approximate surface area is 130 Å². The van der Waals surface area contributed by atoms with Gasteiger partial charge in [-0.1, -0.05) is 13.3 Å². The number of hydrogen-bond donors (Lipinski definition) is 0. The van der Waals surface area contributed by atoms with E-state index in [-0.39, 0.29) is 0 Å². The molecule has 0 atom stereocenters. The first-order valence-corrected chi connectivity index (χ1v) is 8.33. The summed E-state index contributed by atoms with van der Waals surface area (Å²) in [5.74, 6) is 3.63. The van der Waals surface area contributed by atoms with Crippen molar-refractivity contribution in [2.24, 2.45) is 0 Å². The molecule has 2 aliphatic rings. The molecule has 0 aromatic carbocycles. The standard InChI is InChI=1S/C16H22N6/c1-2-3-12-10-17-16(18-11-12)21-7-6-14-19-15(13-4-5-13)20-22(14)9-8-21/h10-11,13H,2-9H2,1H3. The van der Waals surface area contributed by atoms with Crippen molar-refractivity contribution in [3.63, 3.8) is 0 Å². The number of anilines is 1. The number of aryl methyl sites for hydroxylation is 1. The molecule has 0 spiro atoms. The molecule has 6 heteroatoms. The molecule has 0 saturated heterocycles. The van der Waals surface area contributed by atoms with Crippen LogP contribution < -0.4 is 4.90 Å². The molecule has 3 heterocycles. The minimum absolute atomic E-state index is 0.630. The molecule has 1 fully saturated rings. The van der Waals surface area contributed by atoms with Crippen LogP contribution in [0.1, 0.15) is 49.3 Å². The fourth-order valence-corrected chi connectivity index (χ4v) is 2.96. The molecule has 4 rings (SSSR count). The van der Waals surface area contributed by atoms with Crippen LogP contribution in [0.4, 0.5) is 5.95 Å². The van der Waals surface area contributed by atoms with Crippen molar-refractivity contribution in [2.45, 2.75) is 51.5 Å². The van der Waals surface area contributed by atoms with Gasteiger partial charge in [0.15, 0.2) is 5.82 Å². The van der Waals surface area contributed by atoms with Crippen molar-refractivity contribution < 1.29 is 0 Å². The summed E-state index contributed by atoms with van der Waals surface area (Å²) in [4.78, 5) is 16.0. The highest BCUT2D eigenvalue weighted by Crippen LogP contribution is 2.38. The zero-order valence-corrected chi connectivity index (χ0v) is 13.1. The van der Waals surface area contributed by atoms with Gasteiger partial charge >= 0.3 is 0 Å². The Kier molecular flexibility index (Phi) is 3.52. The van der Waals surface area contributed by atoms with Gasteiger partial charge in [-0.25, -0.2) is 19.6 Å². The van der Waals surface area contributed by atoms with Crippen LogP contribution in [0.25, 0.3) is 0 Å². The smallest absolute Gasteiger partial charge is 0.225 e. The number of aromatic nitrogens is 5. The summed E-state index contributed by atoms with van der Waals surface area (Å²) < 4.78 is 2.08. The number of rotatable bonds is 4. The molecule has 22 heavy (non-hydrogen) atoms. The maximum absolute atomic E-state index is 4.72. The Morgan fingerprint density at radius 3 is 2.68 bits per heavy atom. The summed E-state index contributed by atoms with van der Waals surface area (Å²) in [6.45, 7) is 4.85. The second-order valence-electron chi connectivity index (χ2n) is 6.26. The van der Waals surface area contributed by atoms with Gasteiger partial charge in [0.25, 0.3) is 0 Å². The Morgan fingerprint density at radius 1 is 1.14 bits per heavy atom. The average molecular weight is 298 g/mol. The maximum Gasteiger partial charge on any atom is 0.225 e. The lowest BCUT2D eigenvalue weighted by molar-refractivity contribution is 0.600. The summed E-state index contributed by atoms with van der Waals surface area (Å²) in [5.41, 5.74) is 1.21. The minimum atomic E-state index is 0.630. The first kappa shape index (κ1) is 13.7. The quantitative estimate of drug-likeness (QED) is 0.863. The second kappa shape index (κ2) is 5.66. The Hall–Kier alpha value is -1.98. The average Bonchev–Trinajstić information content (AvgIpc) is 3.34.